The summed E-state index contributed by atoms with van der Waals surface area (Å²) in [4.78, 5) is 47.4. The van der Waals surface area contributed by atoms with E-state index in [1.165, 1.54) is 0 Å². The zero-order chi connectivity index (χ0) is 13.3. The highest BCUT2D eigenvalue weighted by Crippen LogP contribution is 2.73. The second kappa shape index (κ2) is 2.99. The minimum atomic E-state index is -1.20. The van der Waals surface area contributed by atoms with Crippen LogP contribution in [0.25, 0.3) is 0 Å². The maximum atomic E-state index is 12.0. The Hall–Kier alpha value is -1.72. The molecule has 6 nitrogen and oxygen atoms in total. The molecule has 0 amide bonds. The van der Waals surface area contributed by atoms with Crippen LogP contribution in [0.1, 0.15) is 26.7 Å². The summed E-state index contributed by atoms with van der Waals surface area (Å²) < 4.78 is 9.33. The van der Waals surface area contributed by atoms with Crippen molar-refractivity contribution in [3.05, 3.63) is 0 Å². The molecule has 3 rings (SSSR count). The van der Waals surface area contributed by atoms with Crippen molar-refractivity contribution in [2.75, 3.05) is 0 Å². The lowest BCUT2D eigenvalue weighted by molar-refractivity contribution is -0.194. The third-order valence-corrected chi connectivity index (χ3v) is 4.93. The van der Waals surface area contributed by atoms with Crippen LogP contribution in [-0.4, -0.2) is 23.9 Å². The highest BCUT2D eigenvalue weighted by atomic mass is 16.6. The number of fused-ring (bicyclic) bond motifs is 4. The van der Waals surface area contributed by atoms with E-state index in [0.717, 1.165) is 0 Å². The summed E-state index contributed by atoms with van der Waals surface area (Å²) >= 11 is 0. The first-order chi connectivity index (χ1) is 8.47. The Morgan fingerprint density at radius 1 is 0.833 bits per heavy atom. The fourth-order valence-corrected chi connectivity index (χ4v) is 4.17. The molecule has 0 bridgehead atoms. The summed E-state index contributed by atoms with van der Waals surface area (Å²) in [6.45, 7) is 3.44. The van der Waals surface area contributed by atoms with E-state index in [1.54, 1.807) is 13.8 Å². The smallest absolute Gasteiger partial charge is 0.321 e. The monoisotopic (exact) mass is 252 g/mol. The van der Waals surface area contributed by atoms with Crippen molar-refractivity contribution >= 4 is 23.9 Å². The molecule has 0 N–H and O–H groups in total. The van der Waals surface area contributed by atoms with Gasteiger partial charge in [0.1, 0.15) is 0 Å². The zero-order valence-corrected chi connectivity index (χ0v) is 10.0. The molecule has 3 fully saturated rings. The molecule has 3 aliphatic rings. The number of esters is 4. The van der Waals surface area contributed by atoms with Gasteiger partial charge in [0.05, 0.1) is 22.7 Å². The van der Waals surface area contributed by atoms with E-state index >= 15 is 0 Å². The molecule has 2 heterocycles. The number of hydrogen-bond acceptors (Lipinski definition) is 6. The van der Waals surface area contributed by atoms with Gasteiger partial charge in [0.15, 0.2) is 0 Å². The van der Waals surface area contributed by atoms with E-state index in [0.29, 0.717) is 0 Å². The largest absolute Gasteiger partial charge is 0.392 e. The predicted octanol–water partition coefficient (Wildman–Crippen LogP) is 0.192. The standard InChI is InChI=1S/C12H12O6/c1-3-11-5(7(13)17-9(11)15)6-8(14)18-10(16)12(6,11)4-2/h5-6H,3-4H2,1-2H3. The normalized spacial score (nSPS) is 45.2. The molecule has 4 unspecified atom stereocenters. The molecule has 1 saturated carbocycles. The SMILES string of the molecule is CCC12C(=O)OC(=O)C1C1C(=O)OC(=O)C12CC. The van der Waals surface area contributed by atoms with Gasteiger partial charge in [-0.05, 0) is 12.8 Å². The lowest BCUT2D eigenvalue weighted by Crippen LogP contribution is -2.68. The van der Waals surface area contributed by atoms with Crippen molar-refractivity contribution in [3.8, 4) is 0 Å². The molecule has 2 saturated heterocycles. The Morgan fingerprint density at radius 3 is 1.44 bits per heavy atom. The van der Waals surface area contributed by atoms with Crippen LogP contribution in [-0.2, 0) is 28.7 Å². The molecular formula is C12H12O6. The summed E-state index contributed by atoms with van der Waals surface area (Å²) in [6.07, 6.45) is 0.573. The molecule has 0 aromatic heterocycles. The predicted molar refractivity (Wildman–Crippen MR) is 54.6 cm³/mol. The van der Waals surface area contributed by atoms with E-state index in [-0.39, 0.29) is 12.8 Å². The van der Waals surface area contributed by atoms with Crippen molar-refractivity contribution in [2.24, 2.45) is 22.7 Å². The average molecular weight is 252 g/mol. The van der Waals surface area contributed by atoms with Gasteiger partial charge in [-0.3, -0.25) is 19.2 Å². The van der Waals surface area contributed by atoms with Crippen LogP contribution in [0.5, 0.6) is 0 Å². The second-order valence-electron chi connectivity index (χ2n) is 5.02. The molecule has 1 aliphatic carbocycles. The van der Waals surface area contributed by atoms with Crippen molar-refractivity contribution < 1.29 is 28.7 Å². The van der Waals surface area contributed by atoms with Crippen molar-refractivity contribution in [1.82, 2.24) is 0 Å². The quantitative estimate of drug-likeness (QED) is 0.515. The molecular weight excluding hydrogens is 240 g/mol. The molecule has 0 spiro atoms. The maximum Gasteiger partial charge on any atom is 0.321 e. The highest BCUT2D eigenvalue weighted by Gasteiger charge is 2.88. The Bertz CT molecular complexity index is 463. The van der Waals surface area contributed by atoms with E-state index in [4.69, 9.17) is 0 Å². The van der Waals surface area contributed by atoms with Gasteiger partial charge in [-0.2, -0.15) is 0 Å². The van der Waals surface area contributed by atoms with Crippen LogP contribution in [0.4, 0.5) is 0 Å². The van der Waals surface area contributed by atoms with Crippen molar-refractivity contribution in [3.63, 3.8) is 0 Å². The van der Waals surface area contributed by atoms with Crippen LogP contribution < -0.4 is 0 Å². The fourth-order valence-electron chi connectivity index (χ4n) is 4.17. The molecule has 6 heteroatoms. The van der Waals surface area contributed by atoms with Gasteiger partial charge in [0.25, 0.3) is 0 Å². The van der Waals surface area contributed by atoms with E-state index in [1.807, 2.05) is 0 Å². The van der Waals surface area contributed by atoms with Gasteiger partial charge in [0.2, 0.25) is 0 Å². The number of carbonyl (C=O) groups excluding carboxylic acids is 4. The van der Waals surface area contributed by atoms with Crippen LogP contribution in [0.2, 0.25) is 0 Å². The Morgan fingerprint density at radius 2 is 1.17 bits per heavy atom. The molecule has 2 aliphatic heterocycles. The van der Waals surface area contributed by atoms with Crippen molar-refractivity contribution in [2.45, 2.75) is 26.7 Å². The summed E-state index contributed by atoms with van der Waals surface area (Å²) in [5, 5.41) is 0. The highest BCUT2D eigenvalue weighted by molar-refractivity contribution is 6.14. The minimum Gasteiger partial charge on any atom is -0.392 e. The third kappa shape index (κ3) is 0.768. The lowest BCUT2D eigenvalue weighted by Gasteiger charge is -2.55. The van der Waals surface area contributed by atoms with Gasteiger partial charge < -0.3 is 9.47 Å². The Balaban J connectivity index is 2.24. The van der Waals surface area contributed by atoms with Gasteiger partial charge in [-0.1, -0.05) is 13.8 Å². The molecule has 0 aromatic carbocycles. The van der Waals surface area contributed by atoms with Crippen molar-refractivity contribution in [1.29, 1.82) is 0 Å². The number of hydrogen-bond donors (Lipinski definition) is 0. The lowest BCUT2D eigenvalue weighted by atomic mass is 9.38. The summed E-state index contributed by atoms with van der Waals surface area (Å²) in [5.74, 6) is -4.50. The van der Waals surface area contributed by atoms with E-state index in [9.17, 15) is 19.2 Å². The summed E-state index contributed by atoms with van der Waals surface area (Å²) in [5.41, 5.74) is -2.40. The van der Waals surface area contributed by atoms with Crippen LogP contribution in [0.15, 0.2) is 0 Å². The first-order valence-electron chi connectivity index (χ1n) is 5.99. The zero-order valence-electron chi connectivity index (χ0n) is 10.0. The summed E-state index contributed by atoms with van der Waals surface area (Å²) in [6, 6.07) is 0. The van der Waals surface area contributed by atoms with Gasteiger partial charge in [-0.25, -0.2) is 0 Å². The van der Waals surface area contributed by atoms with Gasteiger partial charge >= 0.3 is 23.9 Å². The molecule has 96 valence electrons. The van der Waals surface area contributed by atoms with Crippen LogP contribution in [0, 0.1) is 22.7 Å². The Labute approximate surface area is 103 Å². The number of ether oxygens (including phenoxy) is 2. The van der Waals surface area contributed by atoms with Gasteiger partial charge in [0, 0.05) is 0 Å². The summed E-state index contributed by atoms with van der Waals surface area (Å²) in [7, 11) is 0. The second-order valence-corrected chi connectivity index (χ2v) is 5.02. The first kappa shape index (κ1) is 11.4. The van der Waals surface area contributed by atoms with Gasteiger partial charge in [-0.15, -0.1) is 0 Å². The topological polar surface area (TPSA) is 86.7 Å². The fraction of sp³-hybridized carbons (Fsp3) is 0.667. The third-order valence-electron chi connectivity index (χ3n) is 4.93. The van der Waals surface area contributed by atoms with Crippen LogP contribution >= 0.6 is 0 Å². The Kier molecular flexibility index (Phi) is 1.89. The van der Waals surface area contributed by atoms with Crippen LogP contribution in [0.3, 0.4) is 0 Å². The first-order valence-corrected chi connectivity index (χ1v) is 5.99. The molecule has 18 heavy (non-hydrogen) atoms. The van der Waals surface area contributed by atoms with E-state index < -0.39 is 46.5 Å². The number of rotatable bonds is 2. The maximum absolute atomic E-state index is 12.0. The minimum absolute atomic E-state index is 0.287. The van der Waals surface area contributed by atoms with E-state index in [2.05, 4.69) is 9.47 Å². The number of cyclic esters (lactones) is 4. The molecule has 4 atom stereocenters. The number of carbonyl (C=O) groups is 4. The average Bonchev–Trinajstić information content (AvgIpc) is 2.61. The molecule has 0 aromatic rings. The molecule has 0 radical (unpaired) electrons.